The van der Waals surface area contributed by atoms with E-state index in [9.17, 15) is 23.7 Å². The molecule has 30 heavy (non-hydrogen) atoms. The number of phosphoric ester groups is 1. The Bertz CT molecular complexity index is 1190. The predicted molar refractivity (Wildman–Crippen MR) is 99.7 cm³/mol. The maximum absolute atomic E-state index is 15.3. The molecule has 0 amide bonds. The summed E-state index contributed by atoms with van der Waals surface area (Å²) in [5.41, 5.74) is -2.85. The fourth-order valence-corrected chi connectivity index (χ4v) is 5.53. The van der Waals surface area contributed by atoms with Crippen LogP contribution in [0.1, 0.15) is 17.3 Å². The SMILES string of the molecule is [2H]c1cn([C@@H]2O[C@H](C([2H])([2H])OP(=O)(O)OP(=O)(O)OP(=O)(O)O)[C@H](O)C2(C)F)c(=S)[nH]c1=S. The van der Waals surface area contributed by atoms with E-state index in [1.54, 1.807) is 0 Å². The van der Waals surface area contributed by atoms with Crippen LogP contribution in [0.3, 0.4) is 0 Å². The first-order valence-electron chi connectivity index (χ1n) is 8.77. The summed E-state index contributed by atoms with van der Waals surface area (Å²) in [5, 5.41) is 10.3. The molecule has 2 heterocycles. The van der Waals surface area contributed by atoms with E-state index in [2.05, 4.69) is 18.1 Å². The van der Waals surface area contributed by atoms with Gasteiger partial charge in [-0.1, -0.05) is 12.2 Å². The van der Waals surface area contributed by atoms with Gasteiger partial charge >= 0.3 is 23.5 Å². The van der Waals surface area contributed by atoms with Gasteiger partial charge in [0.2, 0.25) is 0 Å². The summed E-state index contributed by atoms with van der Waals surface area (Å²) in [6.07, 6.45) is -5.80. The Kier molecular flexibility index (Phi) is 6.46. The van der Waals surface area contributed by atoms with Crippen molar-refractivity contribution in [3.8, 4) is 0 Å². The molecule has 20 heteroatoms. The molecule has 6 atom stereocenters. The van der Waals surface area contributed by atoms with Crippen molar-refractivity contribution in [3.05, 3.63) is 21.7 Å². The van der Waals surface area contributed by atoms with Crippen LogP contribution in [0.5, 0.6) is 0 Å². The van der Waals surface area contributed by atoms with Crippen molar-refractivity contribution < 1.29 is 64.8 Å². The number of aliphatic hydroxyl groups is 1. The van der Waals surface area contributed by atoms with E-state index >= 15 is 4.39 Å². The van der Waals surface area contributed by atoms with Gasteiger partial charge in [0.1, 0.15) is 16.8 Å². The highest BCUT2D eigenvalue weighted by atomic mass is 32.1. The molecule has 0 bridgehead atoms. The lowest BCUT2D eigenvalue weighted by atomic mass is 9.99. The average Bonchev–Trinajstić information content (AvgIpc) is 2.77. The molecule has 14 nitrogen and oxygen atoms in total. The number of aromatic nitrogens is 2. The van der Waals surface area contributed by atoms with Crippen LogP contribution in [-0.2, 0) is 31.6 Å². The molecular weight excluding hydrogens is 516 g/mol. The summed E-state index contributed by atoms with van der Waals surface area (Å²) < 4.78 is 89.1. The van der Waals surface area contributed by atoms with Crippen LogP contribution >= 0.6 is 47.9 Å². The average molecular weight is 535 g/mol. The molecule has 1 fully saturated rings. The number of ether oxygens (including phenoxy) is 1. The predicted octanol–water partition coefficient (Wildman–Crippen LogP) is 1.60. The summed E-state index contributed by atoms with van der Waals surface area (Å²) in [7, 11) is -17.7. The number of hydrogen-bond donors (Lipinski definition) is 6. The van der Waals surface area contributed by atoms with Crippen molar-refractivity contribution in [2.45, 2.75) is 31.0 Å². The summed E-state index contributed by atoms with van der Waals surface area (Å²) in [5.74, 6) is 0. The maximum Gasteiger partial charge on any atom is 0.490 e. The lowest BCUT2D eigenvalue weighted by molar-refractivity contribution is -0.0594. The molecule has 6 N–H and O–H groups in total. The smallest absolute Gasteiger partial charge is 0.387 e. The first-order valence-corrected chi connectivity index (χ1v) is 12.6. The summed E-state index contributed by atoms with van der Waals surface area (Å²) in [4.78, 5) is 38.1. The van der Waals surface area contributed by atoms with E-state index in [1.165, 1.54) is 0 Å². The molecule has 0 saturated carbocycles. The second-order valence-electron chi connectivity index (χ2n) is 5.75. The highest BCUT2D eigenvalue weighted by Gasteiger charge is 2.55. The monoisotopic (exact) mass is 535 g/mol. The van der Waals surface area contributed by atoms with E-state index in [4.69, 9.17) is 48.0 Å². The molecule has 0 spiro atoms. The number of nitrogens with one attached hydrogen (secondary N) is 1. The molecule has 1 aromatic rings. The third kappa shape index (κ3) is 6.64. The van der Waals surface area contributed by atoms with Crippen molar-refractivity contribution >= 4 is 47.9 Å². The van der Waals surface area contributed by atoms with E-state index in [0.29, 0.717) is 0 Å². The van der Waals surface area contributed by atoms with Crippen LogP contribution in [-0.4, -0.2) is 58.7 Å². The van der Waals surface area contributed by atoms with Gasteiger partial charge < -0.3 is 34.4 Å². The molecule has 1 aromatic heterocycles. The largest absolute Gasteiger partial charge is 0.490 e. The van der Waals surface area contributed by atoms with Crippen LogP contribution < -0.4 is 0 Å². The van der Waals surface area contributed by atoms with Crippen molar-refractivity contribution in [2.24, 2.45) is 0 Å². The molecule has 0 aliphatic carbocycles. The molecular formula is C10H16FN2O12P3S2. The standard InChI is InChI=1S/C10H16FN2O12P3S2/c1-10(11)7(14)5(23-8(10)13-3-2-6(29)12-9(13)30)4-22-27(18,19)25-28(20,21)24-26(15,16)17/h2-3,5,7-8,14H,4H2,1H3,(H,18,19)(H,20,21)(H,12,29,30)(H2,15,16,17)/t5-,7+,8-,10?/m1/s1/i2D,4D2. The van der Waals surface area contributed by atoms with E-state index in [0.717, 1.165) is 17.7 Å². The number of H-pyrrole nitrogens is 1. The van der Waals surface area contributed by atoms with Crippen LogP contribution in [0.25, 0.3) is 0 Å². The van der Waals surface area contributed by atoms with Crippen LogP contribution in [0, 0.1) is 9.41 Å². The first-order chi connectivity index (χ1) is 14.6. The Morgan fingerprint density at radius 1 is 1.33 bits per heavy atom. The molecule has 2 rings (SSSR count). The van der Waals surface area contributed by atoms with Gasteiger partial charge in [-0.05, 0) is 25.2 Å². The minimum Gasteiger partial charge on any atom is -0.387 e. The zero-order valence-electron chi connectivity index (χ0n) is 17.4. The zero-order valence-corrected chi connectivity index (χ0v) is 18.7. The van der Waals surface area contributed by atoms with Gasteiger partial charge in [0, 0.05) is 6.20 Å². The van der Waals surface area contributed by atoms with Gasteiger partial charge in [-0.3, -0.25) is 9.09 Å². The Balaban J connectivity index is 2.34. The lowest BCUT2D eigenvalue weighted by Crippen LogP contribution is -2.40. The number of phosphoric acid groups is 3. The summed E-state index contributed by atoms with van der Waals surface area (Å²) >= 11 is 9.77. The van der Waals surface area contributed by atoms with Gasteiger partial charge in [-0.15, -0.1) is 0 Å². The highest BCUT2D eigenvalue weighted by molar-refractivity contribution is 7.72. The number of halogens is 1. The number of alkyl halides is 1. The number of hydrogen-bond acceptors (Lipinski definition) is 10. The third-order valence-electron chi connectivity index (χ3n) is 3.37. The van der Waals surface area contributed by atoms with Crippen molar-refractivity contribution in [2.75, 3.05) is 6.56 Å². The lowest BCUT2D eigenvalue weighted by Gasteiger charge is -2.25. The Morgan fingerprint density at radius 3 is 2.50 bits per heavy atom. The minimum absolute atomic E-state index is 0.116. The second-order valence-corrected chi connectivity index (χ2v) is 10.9. The summed E-state index contributed by atoms with van der Waals surface area (Å²) in [6.45, 7) is -2.86. The number of aromatic amines is 1. The van der Waals surface area contributed by atoms with Crippen LogP contribution in [0.2, 0.25) is 0 Å². The molecule has 1 aliphatic heterocycles. The van der Waals surface area contributed by atoms with Crippen molar-refractivity contribution in [1.82, 2.24) is 9.55 Å². The topological polar surface area (TPSA) is 210 Å². The number of aliphatic hydroxyl groups excluding tert-OH is 1. The van der Waals surface area contributed by atoms with Crippen molar-refractivity contribution in [1.29, 1.82) is 0 Å². The molecule has 1 saturated heterocycles. The fourth-order valence-electron chi connectivity index (χ4n) is 2.19. The molecule has 0 aromatic carbocycles. The quantitative estimate of drug-likeness (QED) is 0.206. The van der Waals surface area contributed by atoms with E-state index in [1.807, 2.05) is 0 Å². The molecule has 0 radical (unpaired) electrons. The Hall–Kier alpha value is -0.220. The van der Waals surface area contributed by atoms with Gasteiger partial charge in [0.15, 0.2) is 16.7 Å². The highest BCUT2D eigenvalue weighted by Crippen LogP contribution is 2.66. The van der Waals surface area contributed by atoms with E-state index < -0.39 is 54.1 Å². The fraction of sp³-hybridized carbons (Fsp3) is 0.600. The Labute approximate surface area is 181 Å². The third-order valence-corrected chi connectivity index (χ3v) is 7.56. The van der Waals surface area contributed by atoms with Gasteiger partial charge in [0.25, 0.3) is 0 Å². The van der Waals surface area contributed by atoms with Crippen LogP contribution in [0.15, 0.2) is 12.2 Å². The zero-order chi connectivity index (χ0) is 25.8. The normalized spacial score (nSPS) is 33.2. The second kappa shape index (κ2) is 8.96. The number of nitrogens with zero attached hydrogens (tertiary/aromatic N) is 1. The molecule has 172 valence electrons. The maximum atomic E-state index is 15.3. The van der Waals surface area contributed by atoms with Crippen molar-refractivity contribution in [3.63, 3.8) is 0 Å². The van der Waals surface area contributed by atoms with E-state index in [-0.39, 0.29) is 15.5 Å². The molecule has 3 unspecified atom stereocenters. The number of rotatable bonds is 8. The summed E-state index contributed by atoms with van der Waals surface area (Å²) in [6, 6.07) is -0.341. The first kappa shape index (κ1) is 21.6. The Morgan fingerprint density at radius 2 is 1.93 bits per heavy atom. The van der Waals surface area contributed by atoms with Gasteiger partial charge in [-0.25, -0.2) is 18.1 Å². The van der Waals surface area contributed by atoms with Crippen LogP contribution in [0.4, 0.5) is 4.39 Å². The minimum atomic E-state index is -6.01. The van der Waals surface area contributed by atoms with Gasteiger partial charge in [-0.2, -0.15) is 8.62 Å². The molecule has 1 aliphatic rings. The van der Waals surface area contributed by atoms with Gasteiger partial charge in [0.05, 0.1) is 10.7 Å².